The molecule has 0 unspecified atom stereocenters. The largest absolute Gasteiger partial charge is 0.0587 e. The van der Waals surface area contributed by atoms with Crippen LogP contribution in [0.4, 0.5) is 0 Å². The zero-order valence-electron chi connectivity index (χ0n) is 20.8. The summed E-state index contributed by atoms with van der Waals surface area (Å²) in [6.45, 7) is 13.4. The van der Waals surface area contributed by atoms with Crippen molar-refractivity contribution in [2.24, 2.45) is 0 Å². The van der Waals surface area contributed by atoms with E-state index in [2.05, 4.69) is 133 Å². The lowest BCUT2D eigenvalue weighted by Crippen LogP contribution is -1.91. The SMILES string of the molecule is CC(C)c1ccc(-c2[c]c(-c3ccc(C(C)C)cc3)cc(-c3ccc(C(C)C)cc3)c2)cc1. The Bertz CT molecular complexity index is 1020. The fraction of sp³-hybridized carbons (Fsp3) is 0.273. The van der Waals surface area contributed by atoms with Crippen LogP contribution in [0.3, 0.4) is 0 Å². The molecule has 33 heavy (non-hydrogen) atoms. The Morgan fingerprint density at radius 1 is 0.394 bits per heavy atom. The Kier molecular flexibility index (Phi) is 6.84. The number of hydrogen-bond acceptors (Lipinski definition) is 0. The lowest BCUT2D eigenvalue weighted by Gasteiger charge is -2.13. The highest BCUT2D eigenvalue weighted by Crippen LogP contribution is 2.34. The summed E-state index contributed by atoms with van der Waals surface area (Å²) in [5.74, 6) is 1.60. The molecule has 1 radical (unpaired) electrons. The van der Waals surface area contributed by atoms with Gasteiger partial charge in [0.05, 0.1) is 0 Å². The normalized spacial score (nSPS) is 11.5. The second-order valence-electron chi connectivity index (χ2n) is 10.0. The molecule has 0 aromatic heterocycles. The molecule has 0 aliphatic heterocycles. The molecule has 0 nitrogen and oxygen atoms in total. The number of rotatable bonds is 6. The van der Waals surface area contributed by atoms with Gasteiger partial charge >= 0.3 is 0 Å². The topological polar surface area (TPSA) is 0 Å². The van der Waals surface area contributed by atoms with Crippen molar-refractivity contribution in [2.45, 2.75) is 59.3 Å². The van der Waals surface area contributed by atoms with Gasteiger partial charge in [0.2, 0.25) is 0 Å². The van der Waals surface area contributed by atoms with Gasteiger partial charge in [-0.3, -0.25) is 0 Å². The Balaban J connectivity index is 1.81. The number of hydrogen-bond donors (Lipinski definition) is 0. The molecule has 0 saturated heterocycles. The standard InChI is InChI=1S/C33H35/c1-22(2)25-7-13-28(14-8-25)31-19-32(29-15-9-26(10-16-29)23(3)4)21-33(20-31)30-17-11-27(12-18-30)24(5)6/h7-20,22-24H,1-6H3. The van der Waals surface area contributed by atoms with Gasteiger partial charge in [-0.05, 0) is 86.0 Å². The molecule has 0 amide bonds. The summed E-state index contributed by atoms with van der Waals surface area (Å²) in [5.41, 5.74) is 11.3. The van der Waals surface area contributed by atoms with Crippen molar-refractivity contribution in [3.63, 3.8) is 0 Å². The van der Waals surface area contributed by atoms with Gasteiger partial charge in [0, 0.05) is 0 Å². The average Bonchev–Trinajstić information content (AvgIpc) is 2.84. The number of benzene rings is 4. The van der Waals surface area contributed by atoms with E-state index in [9.17, 15) is 0 Å². The summed E-state index contributed by atoms with van der Waals surface area (Å²) < 4.78 is 0. The van der Waals surface area contributed by atoms with Crippen LogP contribution in [0.1, 0.15) is 76.0 Å². The maximum absolute atomic E-state index is 3.71. The summed E-state index contributed by atoms with van der Waals surface area (Å²) in [6.07, 6.45) is 0. The lowest BCUT2D eigenvalue weighted by atomic mass is 9.91. The maximum Gasteiger partial charge on any atom is -0.00139 e. The van der Waals surface area contributed by atoms with Gasteiger partial charge in [-0.1, -0.05) is 114 Å². The van der Waals surface area contributed by atoms with E-state index in [1.165, 1.54) is 38.9 Å². The van der Waals surface area contributed by atoms with Crippen LogP contribution in [0.5, 0.6) is 0 Å². The van der Waals surface area contributed by atoms with Crippen molar-refractivity contribution < 1.29 is 0 Å². The third kappa shape index (κ3) is 5.28. The molecule has 0 saturated carbocycles. The van der Waals surface area contributed by atoms with E-state index in [0.29, 0.717) is 17.8 Å². The van der Waals surface area contributed by atoms with Crippen molar-refractivity contribution in [3.8, 4) is 33.4 Å². The van der Waals surface area contributed by atoms with Gasteiger partial charge in [0.15, 0.2) is 0 Å². The van der Waals surface area contributed by atoms with Crippen LogP contribution in [0.25, 0.3) is 33.4 Å². The molecule has 0 aliphatic carbocycles. The third-order valence-electron chi connectivity index (χ3n) is 6.56. The summed E-state index contributed by atoms with van der Waals surface area (Å²) >= 11 is 0. The van der Waals surface area contributed by atoms with Crippen molar-refractivity contribution in [2.75, 3.05) is 0 Å². The molecule has 167 valence electrons. The first-order valence-corrected chi connectivity index (χ1v) is 12.2. The molecule has 0 spiro atoms. The molecule has 0 fully saturated rings. The van der Waals surface area contributed by atoms with Crippen molar-refractivity contribution in [1.82, 2.24) is 0 Å². The van der Waals surface area contributed by atoms with E-state index in [4.69, 9.17) is 0 Å². The highest BCUT2D eigenvalue weighted by atomic mass is 14.1. The van der Waals surface area contributed by atoms with Crippen LogP contribution in [0.15, 0.2) is 84.9 Å². The first-order valence-electron chi connectivity index (χ1n) is 12.2. The fourth-order valence-corrected chi connectivity index (χ4v) is 4.20. The van der Waals surface area contributed by atoms with E-state index in [1.54, 1.807) is 0 Å². The molecular formula is C33H35. The Hall–Kier alpha value is -3.12. The zero-order valence-corrected chi connectivity index (χ0v) is 20.8. The lowest BCUT2D eigenvalue weighted by molar-refractivity contribution is 0.867. The van der Waals surface area contributed by atoms with Crippen LogP contribution in [0, 0.1) is 6.07 Å². The second kappa shape index (κ2) is 9.79. The van der Waals surface area contributed by atoms with Crippen LogP contribution in [-0.2, 0) is 0 Å². The molecule has 0 heteroatoms. The van der Waals surface area contributed by atoms with Crippen LogP contribution in [-0.4, -0.2) is 0 Å². The van der Waals surface area contributed by atoms with Crippen molar-refractivity contribution in [1.29, 1.82) is 0 Å². The van der Waals surface area contributed by atoms with E-state index in [0.717, 1.165) is 11.1 Å². The molecule has 0 bridgehead atoms. The van der Waals surface area contributed by atoms with E-state index >= 15 is 0 Å². The second-order valence-corrected chi connectivity index (χ2v) is 10.0. The summed E-state index contributed by atoms with van der Waals surface area (Å²) in [4.78, 5) is 0. The van der Waals surface area contributed by atoms with E-state index < -0.39 is 0 Å². The van der Waals surface area contributed by atoms with Gasteiger partial charge < -0.3 is 0 Å². The van der Waals surface area contributed by atoms with Gasteiger partial charge in [-0.25, -0.2) is 0 Å². The van der Waals surface area contributed by atoms with Crippen LogP contribution < -0.4 is 0 Å². The van der Waals surface area contributed by atoms with E-state index in [1.807, 2.05) is 0 Å². The Labute approximate surface area is 200 Å². The predicted molar refractivity (Wildman–Crippen MR) is 144 cm³/mol. The maximum atomic E-state index is 3.71. The molecular weight excluding hydrogens is 396 g/mol. The summed E-state index contributed by atoms with van der Waals surface area (Å²) in [5, 5.41) is 0. The fourth-order valence-electron chi connectivity index (χ4n) is 4.20. The van der Waals surface area contributed by atoms with Gasteiger partial charge in [0.1, 0.15) is 0 Å². The van der Waals surface area contributed by atoms with Gasteiger partial charge in [0.25, 0.3) is 0 Å². The van der Waals surface area contributed by atoms with Gasteiger partial charge in [-0.15, -0.1) is 0 Å². The summed E-state index contributed by atoms with van der Waals surface area (Å²) in [6, 6.07) is 35.2. The van der Waals surface area contributed by atoms with Crippen LogP contribution >= 0.6 is 0 Å². The van der Waals surface area contributed by atoms with Crippen molar-refractivity contribution >= 4 is 0 Å². The molecule has 0 atom stereocenters. The highest BCUT2D eigenvalue weighted by molar-refractivity contribution is 5.80. The smallest absolute Gasteiger partial charge is 0.00139 e. The van der Waals surface area contributed by atoms with E-state index in [-0.39, 0.29) is 0 Å². The Morgan fingerprint density at radius 3 is 1.00 bits per heavy atom. The third-order valence-corrected chi connectivity index (χ3v) is 6.56. The predicted octanol–water partition coefficient (Wildman–Crippen LogP) is 9.86. The molecule has 4 aromatic carbocycles. The molecule has 0 aliphatic rings. The molecule has 4 rings (SSSR count). The molecule has 0 heterocycles. The monoisotopic (exact) mass is 431 g/mol. The van der Waals surface area contributed by atoms with Gasteiger partial charge in [-0.2, -0.15) is 0 Å². The first kappa shape index (κ1) is 23.1. The van der Waals surface area contributed by atoms with Crippen molar-refractivity contribution in [3.05, 3.63) is 108 Å². The Morgan fingerprint density at radius 2 is 0.697 bits per heavy atom. The summed E-state index contributed by atoms with van der Waals surface area (Å²) in [7, 11) is 0. The quantitative estimate of drug-likeness (QED) is 0.285. The minimum atomic E-state index is 0.531. The molecule has 4 aromatic rings. The zero-order chi connectivity index (χ0) is 23.5. The minimum Gasteiger partial charge on any atom is -0.0587 e. The van der Waals surface area contributed by atoms with Crippen LogP contribution in [0.2, 0.25) is 0 Å². The average molecular weight is 432 g/mol. The minimum absolute atomic E-state index is 0.531. The highest BCUT2D eigenvalue weighted by Gasteiger charge is 2.10. The molecule has 0 N–H and O–H groups in total. The first-order chi connectivity index (χ1) is 15.8.